The molecule has 0 radical (unpaired) electrons. The number of carbonyl (C=O) groups is 1. The number of hydrogen-bond acceptors (Lipinski definition) is 1. The van der Waals surface area contributed by atoms with Crippen LogP contribution in [0.2, 0.25) is 0 Å². The molecule has 0 bridgehead atoms. The van der Waals surface area contributed by atoms with Gasteiger partial charge in [0.15, 0.2) is 0 Å². The number of rotatable bonds is 7. The topological polar surface area (TPSA) is 17.1 Å². The molecule has 2 rings (SSSR count). The third-order valence-electron chi connectivity index (χ3n) is 4.54. The van der Waals surface area contributed by atoms with Crippen molar-refractivity contribution in [1.82, 2.24) is 0 Å². The van der Waals surface area contributed by atoms with Crippen molar-refractivity contribution in [2.45, 2.75) is 80.6 Å². The van der Waals surface area contributed by atoms with Gasteiger partial charge in [0.1, 0.15) is 0 Å². The Kier molecular flexibility index (Phi) is 6.97. The summed E-state index contributed by atoms with van der Waals surface area (Å²) in [6, 6.07) is 0. The van der Waals surface area contributed by atoms with Gasteiger partial charge in [-0.15, -0.1) is 0 Å². The molecule has 0 aromatic carbocycles. The second-order valence-corrected chi connectivity index (χ2v) is 11.9. The summed E-state index contributed by atoms with van der Waals surface area (Å²) in [6.45, 7) is 15.9. The fourth-order valence-electron chi connectivity index (χ4n) is 3.81. The van der Waals surface area contributed by atoms with Crippen LogP contribution in [0.4, 0.5) is 0 Å². The molecule has 146 valence electrons. The van der Waals surface area contributed by atoms with E-state index in [1.165, 1.54) is 14.5 Å². The van der Waals surface area contributed by atoms with E-state index in [0.717, 1.165) is 46.2 Å². The van der Waals surface area contributed by atoms with Crippen molar-refractivity contribution in [2.75, 3.05) is 0 Å². The molecule has 0 amide bonds. The zero-order chi connectivity index (χ0) is 19.5. The summed E-state index contributed by atoms with van der Waals surface area (Å²) in [5, 5.41) is 0. The Hall–Kier alpha value is -0.851. The number of carbonyl (C=O) groups excluding carboxylic acids is 1. The number of Topliss-reactive ketones (excluding diaryl/α,β-unsaturated/α-hetero) is 1. The van der Waals surface area contributed by atoms with E-state index in [1.807, 2.05) is 0 Å². The first-order chi connectivity index (χ1) is 11.9. The molecule has 0 aromatic rings. The monoisotopic (exact) mass is 396 g/mol. The van der Waals surface area contributed by atoms with Gasteiger partial charge in [-0.2, -0.15) is 0 Å². The van der Waals surface area contributed by atoms with E-state index >= 15 is 0 Å². The van der Waals surface area contributed by atoms with Crippen LogP contribution < -0.4 is 0 Å². The van der Waals surface area contributed by atoms with Gasteiger partial charge < -0.3 is 0 Å². The van der Waals surface area contributed by atoms with Crippen molar-refractivity contribution in [3.63, 3.8) is 0 Å². The number of allylic oxidation sites excluding steroid dienone is 8. The molecule has 0 heterocycles. The molecule has 0 aromatic heterocycles. The summed E-state index contributed by atoms with van der Waals surface area (Å²) >= 11 is 0.972. The fraction of sp³-hybridized carbons (Fsp3) is 0.625. The summed E-state index contributed by atoms with van der Waals surface area (Å²) in [5.74, 6) is 0.781. The van der Waals surface area contributed by atoms with Crippen LogP contribution >= 0.6 is 0 Å². The maximum absolute atomic E-state index is 12.9. The van der Waals surface area contributed by atoms with Crippen LogP contribution in [0.25, 0.3) is 0 Å². The Labute approximate surface area is 167 Å². The van der Waals surface area contributed by atoms with Gasteiger partial charge in [0, 0.05) is 0 Å². The van der Waals surface area contributed by atoms with E-state index in [2.05, 4.69) is 72.8 Å². The zero-order valence-corrected chi connectivity index (χ0v) is 18.8. The first-order valence-electron chi connectivity index (χ1n) is 9.88. The Morgan fingerprint density at radius 3 is 2.23 bits per heavy atom. The van der Waals surface area contributed by atoms with Crippen LogP contribution in [0.1, 0.15) is 80.6 Å². The van der Waals surface area contributed by atoms with Gasteiger partial charge in [0.05, 0.1) is 0 Å². The molecule has 0 saturated heterocycles. The molecule has 2 heteroatoms. The quantitative estimate of drug-likeness (QED) is 0.425. The van der Waals surface area contributed by atoms with Crippen LogP contribution in [-0.2, 0) is 19.8 Å². The molecule has 1 nitrogen and oxygen atoms in total. The average molecular weight is 396 g/mol. The van der Waals surface area contributed by atoms with Gasteiger partial charge in [-0.1, -0.05) is 0 Å². The van der Waals surface area contributed by atoms with E-state index in [-0.39, 0.29) is 5.41 Å². The normalized spacial score (nSPS) is 19.2. The van der Waals surface area contributed by atoms with E-state index in [4.69, 9.17) is 0 Å². The summed E-state index contributed by atoms with van der Waals surface area (Å²) in [7, 11) is 0. The van der Waals surface area contributed by atoms with Gasteiger partial charge in [-0.3, -0.25) is 0 Å². The van der Waals surface area contributed by atoms with Gasteiger partial charge >= 0.3 is 167 Å². The van der Waals surface area contributed by atoms with Crippen molar-refractivity contribution in [1.29, 1.82) is 0 Å². The summed E-state index contributed by atoms with van der Waals surface area (Å²) in [6.07, 6.45) is 13.7. The first-order valence-corrected chi connectivity index (χ1v) is 11.0. The van der Waals surface area contributed by atoms with Crippen molar-refractivity contribution >= 4 is 5.78 Å². The number of hydrogen-bond donors (Lipinski definition) is 0. The molecule has 0 saturated carbocycles. The van der Waals surface area contributed by atoms with Crippen molar-refractivity contribution in [3.8, 4) is 0 Å². The van der Waals surface area contributed by atoms with Crippen LogP contribution in [0, 0.1) is 16.7 Å². The van der Waals surface area contributed by atoms with Crippen molar-refractivity contribution in [3.05, 3.63) is 44.4 Å². The van der Waals surface area contributed by atoms with Crippen LogP contribution in [0.5, 0.6) is 0 Å². The van der Waals surface area contributed by atoms with Crippen molar-refractivity contribution in [2.24, 2.45) is 16.7 Å². The predicted octanol–water partition coefficient (Wildman–Crippen LogP) is 6.96. The second kappa shape index (κ2) is 8.44. The molecule has 1 atom stereocenters. The molecule has 0 N–H and O–H groups in total. The fourth-order valence-corrected chi connectivity index (χ4v) is 5.46. The average Bonchev–Trinajstić information content (AvgIpc) is 3.05. The minimum absolute atomic E-state index is 0.282. The van der Waals surface area contributed by atoms with Gasteiger partial charge in [0.25, 0.3) is 0 Å². The third kappa shape index (κ3) is 6.71. The Morgan fingerprint density at radius 1 is 1.00 bits per heavy atom. The summed E-state index contributed by atoms with van der Waals surface area (Å²) in [5.41, 5.74) is 3.08. The standard InChI is InChI=1S/C14H21O.C10H15.Fe/c1-11(10-14(2,3)4)9-13(15)12-7-5-6-8-12;1-10(2,3)8-9-6-4-5-7-9;/h5,7,11H,6,9-10H2,1-4H3;4,6H,5,8H2,1-3H3;. The molecule has 0 spiro atoms. The van der Waals surface area contributed by atoms with Crippen LogP contribution in [-0.4, -0.2) is 5.78 Å². The van der Waals surface area contributed by atoms with Gasteiger partial charge in [-0.25, -0.2) is 0 Å². The molecule has 0 fully saturated rings. The molecule has 1 unspecified atom stereocenters. The molecule has 2 aliphatic rings. The van der Waals surface area contributed by atoms with E-state index in [9.17, 15) is 4.79 Å². The molecule has 0 aliphatic heterocycles. The Morgan fingerprint density at radius 2 is 1.62 bits per heavy atom. The Balaban J connectivity index is 2.08. The predicted molar refractivity (Wildman–Crippen MR) is 108 cm³/mol. The third-order valence-corrected chi connectivity index (χ3v) is 6.31. The van der Waals surface area contributed by atoms with Gasteiger partial charge in [0.2, 0.25) is 0 Å². The SMILES string of the molecule is CC(CC(=O)C1=[C]([Fe][C]2=C(CC(C)(C)C)C=CC2)CC=C1)CC(C)(C)C. The van der Waals surface area contributed by atoms with E-state index < -0.39 is 0 Å². The minimum atomic E-state index is 0.282. The maximum atomic E-state index is 12.9. The van der Waals surface area contributed by atoms with Crippen LogP contribution in [0.15, 0.2) is 44.4 Å². The van der Waals surface area contributed by atoms with Gasteiger partial charge in [-0.05, 0) is 0 Å². The molecular weight excluding hydrogens is 360 g/mol. The zero-order valence-electron chi connectivity index (χ0n) is 17.7. The second-order valence-electron chi connectivity index (χ2n) is 10.3. The van der Waals surface area contributed by atoms with Crippen LogP contribution in [0.3, 0.4) is 0 Å². The molecule has 2 aliphatic carbocycles. The number of ketones is 1. The van der Waals surface area contributed by atoms with E-state index in [0.29, 0.717) is 23.5 Å². The summed E-state index contributed by atoms with van der Waals surface area (Å²) in [4.78, 5) is 12.9. The first kappa shape index (κ1) is 21.4. The van der Waals surface area contributed by atoms with Crippen molar-refractivity contribution < 1.29 is 19.8 Å². The van der Waals surface area contributed by atoms with E-state index in [1.54, 1.807) is 0 Å². The Bertz CT molecular complexity index is 659. The summed E-state index contributed by atoms with van der Waals surface area (Å²) < 4.78 is 2.86. The molecular formula is C24H36FeO. The molecule has 26 heavy (non-hydrogen) atoms.